The van der Waals surface area contributed by atoms with Gasteiger partial charge in [-0.1, -0.05) is 22.3 Å². The lowest BCUT2D eigenvalue weighted by molar-refractivity contribution is 0.278. The molecule has 1 N–H and O–H groups in total. The van der Waals surface area contributed by atoms with E-state index in [0.29, 0.717) is 15.9 Å². The first-order valence-corrected chi connectivity index (χ1v) is 5.74. The van der Waals surface area contributed by atoms with Crippen LogP contribution in [0, 0.1) is 13.8 Å². The van der Waals surface area contributed by atoms with Gasteiger partial charge in [-0.3, -0.25) is 0 Å². The van der Waals surface area contributed by atoms with Gasteiger partial charge < -0.3 is 9.63 Å². The Labute approximate surface area is 102 Å². The fraction of sp³-hybridized carbons (Fsp3) is 0.250. The Morgan fingerprint density at radius 1 is 1.25 bits per heavy atom. The predicted molar refractivity (Wildman–Crippen MR) is 65.0 cm³/mol. The lowest BCUT2D eigenvalue weighted by atomic mass is 10.0. The summed E-state index contributed by atoms with van der Waals surface area (Å²) in [7, 11) is 0. The normalized spacial score (nSPS) is 10.8. The molecule has 16 heavy (non-hydrogen) atoms. The zero-order valence-corrected chi connectivity index (χ0v) is 10.7. The number of benzene rings is 1. The highest BCUT2D eigenvalue weighted by Gasteiger charge is 2.15. The van der Waals surface area contributed by atoms with Gasteiger partial charge in [0.25, 0.3) is 0 Å². The molecule has 0 aliphatic rings. The molecule has 0 saturated carbocycles. The van der Waals surface area contributed by atoms with Crippen LogP contribution in [0.5, 0.6) is 0 Å². The van der Waals surface area contributed by atoms with Crippen LogP contribution in [-0.4, -0.2) is 10.3 Å². The smallest absolute Gasteiger partial charge is 0.208 e. The number of aliphatic hydroxyl groups is 1. The molecule has 0 fully saturated rings. The van der Waals surface area contributed by atoms with Crippen LogP contribution in [0.3, 0.4) is 0 Å². The van der Waals surface area contributed by atoms with E-state index in [-0.39, 0.29) is 6.61 Å². The summed E-state index contributed by atoms with van der Waals surface area (Å²) in [5, 5.41) is 13.2. The van der Waals surface area contributed by atoms with Crippen LogP contribution >= 0.6 is 15.9 Å². The van der Waals surface area contributed by atoms with Gasteiger partial charge in [0, 0.05) is 5.56 Å². The first kappa shape index (κ1) is 11.4. The number of rotatable bonds is 2. The van der Waals surface area contributed by atoms with Gasteiger partial charge in [0.15, 0.2) is 0 Å². The number of aryl methyl sites for hydroxylation is 2. The number of aliphatic hydroxyl groups excluding tert-OH is 1. The Morgan fingerprint density at radius 2 is 1.88 bits per heavy atom. The van der Waals surface area contributed by atoms with Crippen molar-refractivity contribution in [1.82, 2.24) is 5.16 Å². The van der Waals surface area contributed by atoms with Gasteiger partial charge >= 0.3 is 0 Å². The monoisotopic (exact) mass is 281 g/mol. The van der Waals surface area contributed by atoms with E-state index >= 15 is 0 Å². The summed E-state index contributed by atoms with van der Waals surface area (Å²) in [4.78, 5) is 0. The second kappa shape index (κ2) is 4.39. The maximum atomic E-state index is 9.26. The molecule has 4 heteroatoms. The number of hydrogen-bond donors (Lipinski definition) is 1. The van der Waals surface area contributed by atoms with Gasteiger partial charge in [0.2, 0.25) is 4.67 Å². The molecule has 0 radical (unpaired) electrons. The van der Waals surface area contributed by atoms with E-state index < -0.39 is 0 Å². The molecular weight excluding hydrogens is 270 g/mol. The second-order valence-electron chi connectivity index (χ2n) is 3.82. The van der Waals surface area contributed by atoms with E-state index in [1.807, 2.05) is 26.0 Å². The van der Waals surface area contributed by atoms with Gasteiger partial charge in [-0.05, 0) is 41.9 Å². The largest absolute Gasteiger partial charge is 0.391 e. The second-order valence-corrected chi connectivity index (χ2v) is 4.54. The van der Waals surface area contributed by atoms with Crippen LogP contribution in [0.1, 0.15) is 16.7 Å². The zero-order chi connectivity index (χ0) is 11.7. The fourth-order valence-corrected chi connectivity index (χ4v) is 2.15. The highest BCUT2D eigenvalue weighted by atomic mass is 79.9. The van der Waals surface area contributed by atoms with Gasteiger partial charge in [0.1, 0.15) is 5.69 Å². The lowest BCUT2D eigenvalue weighted by Gasteiger charge is -2.03. The van der Waals surface area contributed by atoms with Crippen LogP contribution < -0.4 is 0 Å². The Bertz CT molecular complexity index is 499. The minimum atomic E-state index is -0.0909. The molecule has 0 aliphatic heterocycles. The van der Waals surface area contributed by atoms with Crippen molar-refractivity contribution in [3.05, 3.63) is 39.6 Å². The molecule has 3 nitrogen and oxygen atoms in total. The summed E-state index contributed by atoms with van der Waals surface area (Å²) in [5.74, 6) is 0. The van der Waals surface area contributed by atoms with E-state index in [4.69, 9.17) is 4.52 Å². The molecule has 0 saturated heterocycles. The number of halogens is 1. The van der Waals surface area contributed by atoms with Crippen LogP contribution in [0.2, 0.25) is 0 Å². The molecule has 1 heterocycles. The van der Waals surface area contributed by atoms with Gasteiger partial charge in [-0.15, -0.1) is 0 Å². The Kier molecular flexibility index (Phi) is 3.12. The van der Waals surface area contributed by atoms with Gasteiger partial charge in [0.05, 0.1) is 12.2 Å². The molecule has 2 rings (SSSR count). The third kappa shape index (κ3) is 2.03. The Balaban J connectivity index is 2.58. The van der Waals surface area contributed by atoms with Crippen LogP contribution in [0.25, 0.3) is 11.3 Å². The molecule has 0 amide bonds. The van der Waals surface area contributed by atoms with Crippen molar-refractivity contribution in [2.75, 3.05) is 0 Å². The topological polar surface area (TPSA) is 46.3 Å². The van der Waals surface area contributed by atoms with E-state index in [2.05, 4.69) is 27.2 Å². The maximum absolute atomic E-state index is 9.26. The highest BCUT2D eigenvalue weighted by Crippen LogP contribution is 2.29. The zero-order valence-electron chi connectivity index (χ0n) is 9.12. The summed E-state index contributed by atoms with van der Waals surface area (Å²) in [5.41, 5.74) is 4.68. The average molecular weight is 282 g/mol. The molecule has 1 aromatic heterocycles. The van der Waals surface area contributed by atoms with Crippen molar-refractivity contribution >= 4 is 15.9 Å². The summed E-state index contributed by atoms with van der Waals surface area (Å²) in [6.45, 7) is 3.97. The first-order chi connectivity index (χ1) is 7.61. The van der Waals surface area contributed by atoms with E-state index in [0.717, 1.165) is 16.7 Å². The fourth-order valence-electron chi connectivity index (χ4n) is 1.76. The van der Waals surface area contributed by atoms with E-state index in [9.17, 15) is 5.11 Å². The van der Waals surface area contributed by atoms with E-state index in [1.54, 1.807) is 0 Å². The average Bonchev–Trinajstić information content (AvgIpc) is 2.58. The molecule has 1 aromatic carbocycles. The number of aromatic nitrogens is 1. The predicted octanol–water partition coefficient (Wildman–Crippen LogP) is 3.21. The quantitative estimate of drug-likeness (QED) is 0.920. The molecule has 84 valence electrons. The van der Waals surface area contributed by atoms with Crippen molar-refractivity contribution in [3.63, 3.8) is 0 Å². The standard InChI is InChI=1S/C12H12BrNO2/c1-7-3-8(2)5-9(4-7)11-10(6-15)12(13)16-14-11/h3-5,15H,6H2,1-2H3. The van der Waals surface area contributed by atoms with Gasteiger partial charge in [-0.25, -0.2) is 0 Å². The first-order valence-electron chi connectivity index (χ1n) is 4.95. The molecule has 0 atom stereocenters. The molecular formula is C12H12BrNO2. The van der Waals surface area contributed by atoms with Gasteiger partial charge in [-0.2, -0.15) is 0 Å². The number of nitrogens with zero attached hydrogens (tertiary/aromatic N) is 1. The van der Waals surface area contributed by atoms with Crippen molar-refractivity contribution in [3.8, 4) is 11.3 Å². The van der Waals surface area contributed by atoms with E-state index in [1.165, 1.54) is 0 Å². The summed E-state index contributed by atoms with van der Waals surface area (Å²) >= 11 is 3.22. The minimum Gasteiger partial charge on any atom is -0.391 e. The summed E-state index contributed by atoms with van der Waals surface area (Å²) in [6, 6.07) is 6.14. The summed E-state index contributed by atoms with van der Waals surface area (Å²) < 4.78 is 5.52. The molecule has 0 spiro atoms. The Morgan fingerprint density at radius 3 is 2.44 bits per heavy atom. The lowest BCUT2D eigenvalue weighted by Crippen LogP contribution is -1.88. The molecule has 0 aliphatic carbocycles. The van der Waals surface area contributed by atoms with Crippen LogP contribution in [0.15, 0.2) is 27.4 Å². The Hall–Kier alpha value is -1.13. The SMILES string of the molecule is Cc1cc(C)cc(-c2noc(Br)c2CO)c1. The third-order valence-corrected chi connectivity index (χ3v) is 3.02. The van der Waals surface area contributed by atoms with Crippen molar-refractivity contribution in [2.45, 2.75) is 20.5 Å². The van der Waals surface area contributed by atoms with Crippen molar-refractivity contribution in [1.29, 1.82) is 0 Å². The van der Waals surface area contributed by atoms with Crippen LogP contribution in [0.4, 0.5) is 0 Å². The third-order valence-electron chi connectivity index (χ3n) is 2.39. The molecule has 0 bridgehead atoms. The molecule has 2 aromatic rings. The summed E-state index contributed by atoms with van der Waals surface area (Å²) in [6.07, 6.45) is 0. The van der Waals surface area contributed by atoms with Crippen molar-refractivity contribution < 1.29 is 9.63 Å². The highest BCUT2D eigenvalue weighted by molar-refractivity contribution is 9.10. The van der Waals surface area contributed by atoms with Crippen molar-refractivity contribution in [2.24, 2.45) is 0 Å². The minimum absolute atomic E-state index is 0.0909. The maximum Gasteiger partial charge on any atom is 0.208 e. The number of hydrogen-bond acceptors (Lipinski definition) is 3. The van der Waals surface area contributed by atoms with Crippen LogP contribution in [-0.2, 0) is 6.61 Å². The molecule has 0 unspecified atom stereocenters.